The molecule has 5 aliphatic rings. The van der Waals surface area contributed by atoms with Crippen molar-refractivity contribution >= 4 is 34.2 Å². The zero-order chi connectivity index (χ0) is 37.6. The van der Waals surface area contributed by atoms with Crippen LogP contribution in [-0.2, 0) is 0 Å². The Morgan fingerprint density at radius 3 is 2.07 bits per heavy atom. The van der Waals surface area contributed by atoms with Gasteiger partial charge in [0.05, 0.1) is 28.4 Å². The lowest BCUT2D eigenvalue weighted by Crippen LogP contribution is -2.28. The Morgan fingerprint density at radius 2 is 1.33 bits per heavy atom. The Bertz CT molecular complexity index is 3000. The lowest BCUT2D eigenvalue weighted by molar-refractivity contribution is 0.626. The molecule has 270 valence electrons. The van der Waals surface area contributed by atoms with Gasteiger partial charge < -0.3 is 9.47 Å². The van der Waals surface area contributed by atoms with Gasteiger partial charge in [0, 0.05) is 64.2 Å². The van der Waals surface area contributed by atoms with Crippen LogP contribution < -0.4 is 4.90 Å². The van der Waals surface area contributed by atoms with Crippen LogP contribution in [0.1, 0.15) is 47.9 Å². The number of hydrogen-bond acceptors (Lipinski definition) is 8. The van der Waals surface area contributed by atoms with E-state index in [0.29, 0.717) is 46.3 Å². The summed E-state index contributed by atoms with van der Waals surface area (Å²) in [4.78, 5) is 37.1. The van der Waals surface area contributed by atoms with Gasteiger partial charge in [0.1, 0.15) is 0 Å². The van der Waals surface area contributed by atoms with E-state index in [1.54, 1.807) is 12.4 Å². The van der Waals surface area contributed by atoms with Crippen molar-refractivity contribution in [3.8, 4) is 51.0 Å². The summed E-state index contributed by atoms with van der Waals surface area (Å²) in [6.45, 7) is 2.20. The minimum absolute atomic E-state index is 0.0578. The summed E-state index contributed by atoms with van der Waals surface area (Å²) in [6, 6.07) is 33.8. The van der Waals surface area contributed by atoms with Crippen molar-refractivity contribution < 1.29 is 0 Å². The summed E-state index contributed by atoms with van der Waals surface area (Å²) in [5, 5.41) is 1.27. The maximum Gasteiger partial charge on any atom is 0.234 e. The molecule has 0 saturated heterocycles. The summed E-state index contributed by atoms with van der Waals surface area (Å²) in [7, 11) is 0. The zero-order valence-electron chi connectivity index (χ0n) is 30.9. The molecule has 57 heavy (non-hydrogen) atoms. The standard InChI is InChI=1S/C48H33N9/c1-28-12-8-9-17-34(28)47-51-26-32(27-52-47)46-53-45(31-24-49-44(50-25-31)29-13-4-2-5-14-29)54-48(55-46)57-40-19-11-10-18-35(40)36-20-21-37-39-23-30-22-38(30)41(39)56(42(37)43(36)57)33-15-6-3-7-16-33/h2-11,13-28,36,43H,12H2,1H3. The Hall–Kier alpha value is -7.39. The fourth-order valence-electron chi connectivity index (χ4n) is 8.90. The van der Waals surface area contributed by atoms with Crippen molar-refractivity contribution in [2.24, 2.45) is 5.92 Å². The van der Waals surface area contributed by atoms with Gasteiger partial charge in [-0.3, -0.25) is 0 Å². The minimum atomic E-state index is -0.143. The maximum atomic E-state index is 5.29. The van der Waals surface area contributed by atoms with Crippen molar-refractivity contribution in [3.05, 3.63) is 169 Å². The van der Waals surface area contributed by atoms with E-state index in [-0.39, 0.29) is 12.0 Å². The van der Waals surface area contributed by atoms with E-state index in [0.717, 1.165) is 28.9 Å². The minimum Gasteiger partial charge on any atom is -0.310 e. The van der Waals surface area contributed by atoms with Crippen molar-refractivity contribution in [1.82, 2.24) is 39.5 Å². The average Bonchev–Trinajstić information content (AvgIpc) is 3.65. The van der Waals surface area contributed by atoms with E-state index < -0.39 is 0 Å². The number of hydrogen-bond donors (Lipinski definition) is 0. The van der Waals surface area contributed by atoms with E-state index in [2.05, 4.69) is 114 Å². The lowest BCUT2D eigenvalue weighted by atomic mass is 9.86. The molecule has 0 fully saturated rings. The lowest BCUT2D eigenvalue weighted by Gasteiger charge is -2.32. The van der Waals surface area contributed by atoms with Crippen molar-refractivity contribution in [2.45, 2.75) is 25.3 Å². The third kappa shape index (κ3) is 4.98. The Labute approximate surface area is 328 Å². The first kappa shape index (κ1) is 31.9. The normalized spacial score (nSPS) is 18.3. The molecule has 3 unspecified atom stereocenters. The summed E-state index contributed by atoms with van der Waals surface area (Å²) in [5.41, 5.74) is 13.2. The zero-order valence-corrected chi connectivity index (χ0v) is 30.9. The molecule has 0 N–H and O–H groups in total. The highest BCUT2D eigenvalue weighted by molar-refractivity contribution is 6.12. The molecule has 0 bridgehead atoms. The van der Waals surface area contributed by atoms with E-state index >= 15 is 0 Å². The fourth-order valence-corrected chi connectivity index (χ4v) is 8.90. The van der Waals surface area contributed by atoms with Crippen LogP contribution in [0.4, 0.5) is 11.6 Å². The van der Waals surface area contributed by atoms with Crippen LogP contribution in [0.15, 0.2) is 146 Å². The van der Waals surface area contributed by atoms with Gasteiger partial charge in [-0.2, -0.15) is 9.97 Å². The maximum absolute atomic E-state index is 5.29. The quantitative estimate of drug-likeness (QED) is 0.166. The van der Waals surface area contributed by atoms with E-state index in [1.807, 2.05) is 42.7 Å². The van der Waals surface area contributed by atoms with Gasteiger partial charge in [-0.15, -0.1) is 0 Å². The topological polar surface area (TPSA) is 98.4 Å². The van der Waals surface area contributed by atoms with E-state index in [1.165, 1.54) is 38.9 Å². The smallest absolute Gasteiger partial charge is 0.234 e. The van der Waals surface area contributed by atoms with Crippen molar-refractivity contribution in [1.29, 1.82) is 0 Å². The predicted molar refractivity (Wildman–Crippen MR) is 224 cm³/mol. The summed E-state index contributed by atoms with van der Waals surface area (Å²) < 4.78 is 2.47. The number of anilines is 2. The average molecular weight is 736 g/mol. The van der Waals surface area contributed by atoms with Crippen LogP contribution >= 0.6 is 0 Å². The summed E-state index contributed by atoms with van der Waals surface area (Å²) in [5.74, 6) is 3.22. The van der Waals surface area contributed by atoms with Crippen LogP contribution in [0, 0.1) is 5.92 Å². The summed E-state index contributed by atoms with van der Waals surface area (Å²) in [6.07, 6.45) is 19.3. The summed E-state index contributed by atoms with van der Waals surface area (Å²) >= 11 is 0. The Balaban J connectivity index is 1.06. The molecule has 3 aromatic carbocycles. The molecule has 4 aromatic heterocycles. The van der Waals surface area contributed by atoms with Crippen LogP contribution in [0.3, 0.4) is 0 Å². The number of rotatable bonds is 6. The number of fused-ring (bicyclic) bond motifs is 9. The second kappa shape index (κ2) is 12.3. The van der Waals surface area contributed by atoms with Crippen LogP contribution in [0.2, 0.25) is 0 Å². The largest absolute Gasteiger partial charge is 0.310 e. The number of nitrogens with zero attached hydrogens (tertiary/aromatic N) is 9. The van der Waals surface area contributed by atoms with Gasteiger partial charge in [-0.25, -0.2) is 24.9 Å². The third-order valence-electron chi connectivity index (χ3n) is 11.7. The second-order valence-corrected chi connectivity index (χ2v) is 15.1. The van der Waals surface area contributed by atoms with E-state index in [9.17, 15) is 0 Å². The highest BCUT2D eigenvalue weighted by atomic mass is 15.3. The first-order chi connectivity index (χ1) is 28.2. The molecule has 7 aromatic rings. The van der Waals surface area contributed by atoms with Gasteiger partial charge in [-0.05, 0) is 59.4 Å². The SMILES string of the molecule is CC1CC=CC=C1c1ncc(-c2nc(-c3cnc(-c4ccccc4)nc3)nc(N3c4ccccc4C4C=Cc5c(n(-c6ccccc6)c6c7cc-7cc56)C43)n2)cn1. The Morgan fingerprint density at radius 1 is 0.649 bits per heavy atom. The molecular weight excluding hydrogens is 703 g/mol. The molecule has 9 heteroatoms. The molecule has 0 spiro atoms. The Kier molecular flexibility index (Phi) is 6.89. The third-order valence-corrected chi connectivity index (χ3v) is 11.7. The number of benzene rings is 4. The number of allylic oxidation sites excluding steroid dienone is 4. The molecule has 4 aliphatic carbocycles. The highest BCUT2D eigenvalue weighted by Crippen LogP contribution is 2.59. The van der Waals surface area contributed by atoms with Crippen molar-refractivity contribution in [2.75, 3.05) is 4.90 Å². The van der Waals surface area contributed by atoms with Gasteiger partial charge in [0.25, 0.3) is 0 Å². The number of para-hydroxylation sites is 2. The molecular formula is C48H33N9. The number of aromatic nitrogens is 8. The van der Waals surface area contributed by atoms with Crippen molar-refractivity contribution in [3.63, 3.8) is 0 Å². The van der Waals surface area contributed by atoms with Gasteiger partial charge in [0.15, 0.2) is 23.3 Å². The monoisotopic (exact) mass is 735 g/mol. The van der Waals surface area contributed by atoms with Gasteiger partial charge in [-0.1, -0.05) is 104 Å². The van der Waals surface area contributed by atoms with Crippen LogP contribution in [0.25, 0.3) is 73.5 Å². The molecule has 0 saturated carbocycles. The van der Waals surface area contributed by atoms with Crippen LogP contribution in [-0.4, -0.2) is 39.5 Å². The first-order valence-electron chi connectivity index (χ1n) is 19.4. The van der Waals surface area contributed by atoms with E-state index in [4.69, 9.17) is 34.9 Å². The molecule has 0 radical (unpaired) electrons. The first-order valence-corrected chi connectivity index (χ1v) is 19.4. The molecule has 9 nitrogen and oxygen atoms in total. The molecule has 1 aliphatic heterocycles. The fraction of sp³-hybridized carbons (Fsp3) is 0.104. The second-order valence-electron chi connectivity index (χ2n) is 15.1. The highest BCUT2D eigenvalue weighted by Gasteiger charge is 2.46. The van der Waals surface area contributed by atoms with Gasteiger partial charge in [0.2, 0.25) is 5.95 Å². The van der Waals surface area contributed by atoms with Crippen LogP contribution in [0.5, 0.6) is 0 Å². The molecule has 0 amide bonds. The molecule has 12 rings (SSSR count). The van der Waals surface area contributed by atoms with Gasteiger partial charge >= 0.3 is 0 Å². The molecule has 3 atom stereocenters. The molecule has 5 heterocycles. The predicted octanol–water partition coefficient (Wildman–Crippen LogP) is 10.4.